The lowest BCUT2D eigenvalue weighted by atomic mass is 10.2. The maximum atomic E-state index is 11.8. The smallest absolute Gasteiger partial charge is 0.237 e. The molecular weight excluding hydrogens is 204 g/mol. The molecule has 0 aromatic carbocycles. The first-order chi connectivity index (χ1) is 7.70. The van der Waals surface area contributed by atoms with E-state index in [4.69, 9.17) is 5.11 Å². The van der Waals surface area contributed by atoms with Gasteiger partial charge in [-0.1, -0.05) is 13.3 Å². The average molecular weight is 228 g/mol. The number of aliphatic hydroxyl groups excluding tert-OH is 1. The highest BCUT2D eigenvalue weighted by molar-refractivity contribution is 5.81. The first kappa shape index (κ1) is 13.5. The number of unbranched alkanes of at least 4 members (excludes halogenated alkanes) is 1. The summed E-state index contributed by atoms with van der Waals surface area (Å²) in [6.07, 6.45) is 4.44. The van der Waals surface area contributed by atoms with E-state index >= 15 is 0 Å². The Morgan fingerprint density at radius 1 is 1.56 bits per heavy atom. The predicted octanol–water partition coefficient (Wildman–Crippen LogP) is 0.748. The molecule has 1 aliphatic rings. The molecule has 0 aromatic heterocycles. The van der Waals surface area contributed by atoms with Gasteiger partial charge in [-0.3, -0.25) is 9.69 Å². The summed E-state index contributed by atoms with van der Waals surface area (Å²) in [6.45, 7) is 5.53. The van der Waals surface area contributed by atoms with E-state index in [1.807, 2.05) is 6.92 Å². The van der Waals surface area contributed by atoms with E-state index in [0.717, 1.165) is 32.2 Å². The van der Waals surface area contributed by atoms with Gasteiger partial charge in [-0.15, -0.1) is 0 Å². The SMILES string of the molecule is CCCCNC(=O)C(C)N(CCO)C1CC1. The van der Waals surface area contributed by atoms with E-state index in [-0.39, 0.29) is 18.6 Å². The molecule has 0 bridgehead atoms. The first-order valence-electron chi connectivity index (χ1n) is 6.35. The molecule has 0 heterocycles. The first-order valence-corrected chi connectivity index (χ1v) is 6.35. The van der Waals surface area contributed by atoms with Crippen LogP contribution in [0.4, 0.5) is 0 Å². The third kappa shape index (κ3) is 4.10. The van der Waals surface area contributed by atoms with Crippen LogP contribution in [0.3, 0.4) is 0 Å². The van der Waals surface area contributed by atoms with Gasteiger partial charge >= 0.3 is 0 Å². The maximum Gasteiger partial charge on any atom is 0.237 e. The van der Waals surface area contributed by atoms with Crippen LogP contribution in [0.2, 0.25) is 0 Å². The lowest BCUT2D eigenvalue weighted by molar-refractivity contribution is -0.126. The highest BCUT2D eigenvalue weighted by Gasteiger charge is 2.34. The summed E-state index contributed by atoms with van der Waals surface area (Å²) in [5.74, 6) is 0.0915. The Bertz CT molecular complexity index is 217. The minimum Gasteiger partial charge on any atom is -0.395 e. The standard InChI is InChI=1S/C12H24N2O2/c1-3-4-7-13-12(16)10(2)14(8-9-15)11-5-6-11/h10-11,15H,3-9H2,1-2H3,(H,13,16). The van der Waals surface area contributed by atoms with Crippen LogP contribution in [0.1, 0.15) is 39.5 Å². The molecule has 2 N–H and O–H groups in total. The molecule has 0 aliphatic heterocycles. The van der Waals surface area contributed by atoms with Crippen LogP contribution in [0.25, 0.3) is 0 Å². The number of aliphatic hydroxyl groups is 1. The van der Waals surface area contributed by atoms with Gasteiger partial charge in [0.05, 0.1) is 12.6 Å². The molecule has 1 atom stereocenters. The van der Waals surface area contributed by atoms with Crippen LogP contribution < -0.4 is 5.32 Å². The van der Waals surface area contributed by atoms with Crippen LogP contribution in [-0.4, -0.2) is 47.7 Å². The molecule has 1 aliphatic carbocycles. The van der Waals surface area contributed by atoms with Crippen LogP contribution in [0.15, 0.2) is 0 Å². The van der Waals surface area contributed by atoms with E-state index < -0.39 is 0 Å². The molecule has 1 amide bonds. The maximum absolute atomic E-state index is 11.8. The van der Waals surface area contributed by atoms with Crippen LogP contribution in [-0.2, 0) is 4.79 Å². The molecule has 0 aromatic rings. The number of amides is 1. The van der Waals surface area contributed by atoms with Crippen LogP contribution in [0.5, 0.6) is 0 Å². The number of rotatable bonds is 8. The molecule has 4 nitrogen and oxygen atoms in total. The van der Waals surface area contributed by atoms with Crippen molar-refractivity contribution >= 4 is 5.91 Å². The summed E-state index contributed by atoms with van der Waals surface area (Å²) >= 11 is 0. The van der Waals surface area contributed by atoms with Crippen molar-refractivity contribution in [2.75, 3.05) is 19.7 Å². The molecule has 0 saturated heterocycles. The molecule has 16 heavy (non-hydrogen) atoms. The van der Waals surface area contributed by atoms with Gasteiger partial charge in [0.15, 0.2) is 0 Å². The van der Waals surface area contributed by atoms with Gasteiger partial charge < -0.3 is 10.4 Å². The van der Waals surface area contributed by atoms with E-state index in [1.54, 1.807) is 0 Å². The van der Waals surface area contributed by atoms with Gasteiger partial charge in [0.25, 0.3) is 0 Å². The number of hydrogen-bond acceptors (Lipinski definition) is 3. The number of nitrogens with zero attached hydrogens (tertiary/aromatic N) is 1. The second-order valence-corrected chi connectivity index (χ2v) is 4.51. The second kappa shape index (κ2) is 6.86. The van der Waals surface area contributed by atoms with Gasteiger partial charge in [0, 0.05) is 19.1 Å². The average Bonchev–Trinajstić information content (AvgIpc) is 3.09. The fourth-order valence-corrected chi connectivity index (χ4v) is 1.90. The third-order valence-electron chi connectivity index (χ3n) is 3.08. The number of carbonyl (C=O) groups excluding carboxylic acids is 1. The zero-order chi connectivity index (χ0) is 12.0. The summed E-state index contributed by atoms with van der Waals surface area (Å²) in [7, 11) is 0. The highest BCUT2D eigenvalue weighted by Crippen LogP contribution is 2.28. The van der Waals surface area contributed by atoms with E-state index in [1.165, 1.54) is 0 Å². The Kier molecular flexibility index (Phi) is 5.77. The Morgan fingerprint density at radius 3 is 2.75 bits per heavy atom. The lowest BCUT2D eigenvalue weighted by Gasteiger charge is -2.27. The van der Waals surface area contributed by atoms with Crippen LogP contribution in [0, 0.1) is 0 Å². The fourth-order valence-electron chi connectivity index (χ4n) is 1.90. The summed E-state index contributed by atoms with van der Waals surface area (Å²) in [5.41, 5.74) is 0. The summed E-state index contributed by atoms with van der Waals surface area (Å²) in [4.78, 5) is 13.9. The second-order valence-electron chi connectivity index (χ2n) is 4.51. The largest absolute Gasteiger partial charge is 0.395 e. The molecule has 4 heteroatoms. The van der Waals surface area contributed by atoms with E-state index in [9.17, 15) is 4.79 Å². The Balaban J connectivity index is 2.33. The van der Waals surface area contributed by atoms with Gasteiger partial charge in [0.1, 0.15) is 0 Å². The predicted molar refractivity (Wildman–Crippen MR) is 64.2 cm³/mol. The molecular formula is C12H24N2O2. The van der Waals surface area contributed by atoms with Gasteiger partial charge in [-0.25, -0.2) is 0 Å². The van der Waals surface area contributed by atoms with Crippen molar-refractivity contribution in [3.63, 3.8) is 0 Å². The monoisotopic (exact) mass is 228 g/mol. The molecule has 1 rings (SSSR count). The quantitative estimate of drug-likeness (QED) is 0.603. The Morgan fingerprint density at radius 2 is 2.25 bits per heavy atom. The van der Waals surface area contributed by atoms with Crippen molar-refractivity contribution in [2.24, 2.45) is 0 Å². The van der Waals surface area contributed by atoms with Crippen molar-refractivity contribution < 1.29 is 9.90 Å². The minimum absolute atomic E-state index is 0.0915. The Hall–Kier alpha value is -0.610. The van der Waals surface area contributed by atoms with Crippen molar-refractivity contribution in [3.8, 4) is 0 Å². The summed E-state index contributed by atoms with van der Waals surface area (Å²) < 4.78 is 0. The van der Waals surface area contributed by atoms with Crippen LogP contribution >= 0.6 is 0 Å². The molecule has 1 unspecified atom stereocenters. The van der Waals surface area contributed by atoms with Crippen molar-refractivity contribution in [1.29, 1.82) is 0 Å². The number of hydrogen-bond donors (Lipinski definition) is 2. The minimum atomic E-state index is -0.114. The molecule has 94 valence electrons. The van der Waals surface area contributed by atoms with Crippen molar-refractivity contribution in [2.45, 2.75) is 51.6 Å². The molecule has 0 radical (unpaired) electrons. The van der Waals surface area contributed by atoms with Gasteiger partial charge in [0.2, 0.25) is 5.91 Å². The molecule has 1 fully saturated rings. The highest BCUT2D eigenvalue weighted by atomic mass is 16.3. The van der Waals surface area contributed by atoms with Crippen molar-refractivity contribution in [3.05, 3.63) is 0 Å². The van der Waals surface area contributed by atoms with Crippen molar-refractivity contribution in [1.82, 2.24) is 10.2 Å². The topological polar surface area (TPSA) is 52.6 Å². The van der Waals surface area contributed by atoms with E-state index in [0.29, 0.717) is 12.6 Å². The van der Waals surface area contributed by atoms with Gasteiger partial charge in [-0.2, -0.15) is 0 Å². The normalized spacial score (nSPS) is 17.5. The summed E-state index contributed by atoms with van der Waals surface area (Å²) in [5, 5.41) is 11.9. The zero-order valence-corrected chi connectivity index (χ0v) is 10.4. The number of nitrogens with one attached hydrogen (secondary N) is 1. The van der Waals surface area contributed by atoms with Gasteiger partial charge in [-0.05, 0) is 26.2 Å². The summed E-state index contributed by atoms with van der Waals surface area (Å²) in [6, 6.07) is 0.399. The number of carbonyl (C=O) groups is 1. The zero-order valence-electron chi connectivity index (χ0n) is 10.4. The third-order valence-corrected chi connectivity index (χ3v) is 3.08. The Labute approximate surface area is 98.0 Å². The van der Waals surface area contributed by atoms with E-state index in [2.05, 4.69) is 17.1 Å². The molecule has 0 spiro atoms. The fraction of sp³-hybridized carbons (Fsp3) is 0.917. The lowest BCUT2D eigenvalue weighted by Crippen LogP contribution is -2.47. The molecule has 1 saturated carbocycles.